The first kappa shape index (κ1) is 21.8. The van der Waals surface area contributed by atoms with Crippen molar-refractivity contribution < 1.29 is 4.39 Å². The van der Waals surface area contributed by atoms with Gasteiger partial charge in [-0.05, 0) is 63.5 Å². The Morgan fingerprint density at radius 2 is 1.96 bits per heavy atom. The molecular weight excluding hydrogens is 462 g/mol. The van der Waals surface area contributed by atoms with Gasteiger partial charge in [0.25, 0.3) is 0 Å². The van der Waals surface area contributed by atoms with Gasteiger partial charge in [0, 0.05) is 36.3 Å². The maximum Gasteiger partial charge on any atom is 0.193 e. The number of aliphatic imine (C=N–C) groups is 1. The van der Waals surface area contributed by atoms with Gasteiger partial charge in [-0.15, -0.1) is 35.7 Å². The molecule has 0 aromatic heterocycles. The van der Waals surface area contributed by atoms with Gasteiger partial charge in [0.15, 0.2) is 5.96 Å². The van der Waals surface area contributed by atoms with Crippen LogP contribution in [0.5, 0.6) is 0 Å². The maximum atomic E-state index is 12.9. The van der Waals surface area contributed by atoms with Gasteiger partial charge in [-0.2, -0.15) is 0 Å². The van der Waals surface area contributed by atoms with Crippen LogP contribution >= 0.6 is 35.7 Å². The number of thioether (sulfide) groups is 1. The lowest BCUT2D eigenvalue weighted by molar-refractivity contribution is 0.249. The van der Waals surface area contributed by atoms with Crippen LogP contribution in [-0.2, 0) is 0 Å². The summed E-state index contributed by atoms with van der Waals surface area (Å²) in [6.07, 6.45) is 3.95. The molecule has 7 heteroatoms. The van der Waals surface area contributed by atoms with Crippen LogP contribution in [0.3, 0.4) is 0 Å². The number of hydrogen-bond donors (Lipinski definition) is 1. The van der Waals surface area contributed by atoms with Crippen molar-refractivity contribution in [2.75, 3.05) is 45.0 Å². The Bertz CT molecular complexity index is 563. The van der Waals surface area contributed by atoms with Crippen molar-refractivity contribution in [2.45, 2.75) is 37.1 Å². The first-order valence-corrected chi connectivity index (χ1v) is 10.4. The number of nitrogens with zero attached hydrogens (tertiary/aromatic N) is 3. The van der Waals surface area contributed by atoms with Gasteiger partial charge in [0.05, 0.1) is 6.54 Å². The Balaban J connectivity index is 0.00000243. The highest BCUT2D eigenvalue weighted by Gasteiger charge is 2.30. The Labute approximate surface area is 178 Å². The average Bonchev–Trinajstić information content (AvgIpc) is 3.30. The molecule has 1 aromatic rings. The molecule has 3 rings (SSSR count). The van der Waals surface area contributed by atoms with E-state index in [1.807, 2.05) is 12.1 Å². The summed E-state index contributed by atoms with van der Waals surface area (Å²) >= 11 is 1.72. The van der Waals surface area contributed by atoms with Gasteiger partial charge in [-0.25, -0.2) is 4.39 Å². The van der Waals surface area contributed by atoms with Crippen molar-refractivity contribution in [3.8, 4) is 0 Å². The van der Waals surface area contributed by atoms with E-state index in [4.69, 9.17) is 4.99 Å². The number of nitrogens with one attached hydrogen (secondary N) is 1. The quantitative estimate of drug-likeness (QED) is 0.216. The van der Waals surface area contributed by atoms with E-state index in [2.05, 4.69) is 22.0 Å². The summed E-state index contributed by atoms with van der Waals surface area (Å²) in [6, 6.07) is 7.38. The van der Waals surface area contributed by atoms with Crippen LogP contribution < -0.4 is 5.32 Å². The number of likely N-dealkylation sites (tertiary alicyclic amines) is 2. The van der Waals surface area contributed by atoms with E-state index in [0.29, 0.717) is 6.04 Å². The molecular formula is C19H30FIN4S. The second kappa shape index (κ2) is 11.3. The number of rotatable bonds is 6. The summed E-state index contributed by atoms with van der Waals surface area (Å²) in [5.74, 6) is 1.77. The fourth-order valence-electron chi connectivity index (χ4n) is 3.61. The summed E-state index contributed by atoms with van der Waals surface area (Å²) in [7, 11) is 0. The molecule has 1 atom stereocenters. The van der Waals surface area contributed by atoms with Gasteiger partial charge in [-0.3, -0.25) is 9.89 Å². The molecule has 0 radical (unpaired) electrons. The van der Waals surface area contributed by atoms with Gasteiger partial charge in [-0.1, -0.05) is 0 Å². The highest BCUT2D eigenvalue weighted by molar-refractivity contribution is 14.0. The number of benzene rings is 1. The Hall–Kier alpha value is -0.540. The van der Waals surface area contributed by atoms with E-state index in [9.17, 15) is 4.39 Å². The summed E-state index contributed by atoms with van der Waals surface area (Å²) in [6.45, 7) is 8.51. The summed E-state index contributed by atoms with van der Waals surface area (Å²) in [4.78, 5) is 11.0. The molecule has 0 saturated carbocycles. The zero-order valence-corrected chi connectivity index (χ0v) is 18.6. The van der Waals surface area contributed by atoms with Crippen molar-refractivity contribution in [3.63, 3.8) is 0 Å². The smallest absolute Gasteiger partial charge is 0.193 e. The fraction of sp³-hybridized carbons (Fsp3) is 0.632. The third-order valence-corrected chi connectivity index (χ3v) is 5.88. The predicted octanol–water partition coefficient (Wildman–Crippen LogP) is 3.67. The zero-order valence-electron chi connectivity index (χ0n) is 15.5. The first-order chi connectivity index (χ1) is 12.3. The van der Waals surface area contributed by atoms with Crippen molar-refractivity contribution in [2.24, 2.45) is 4.99 Å². The van der Waals surface area contributed by atoms with Crippen LogP contribution in [0.25, 0.3) is 0 Å². The lowest BCUT2D eigenvalue weighted by Crippen LogP contribution is -2.42. The van der Waals surface area contributed by atoms with Crippen LogP contribution in [-0.4, -0.2) is 66.8 Å². The van der Waals surface area contributed by atoms with Crippen LogP contribution in [0.1, 0.15) is 26.2 Å². The lowest BCUT2D eigenvalue weighted by atomic mass is 10.2. The molecule has 0 spiro atoms. The largest absolute Gasteiger partial charge is 0.357 e. The van der Waals surface area contributed by atoms with Crippen LogP contribution in [0, 0.1) is 5.82 Å². The fourth-order valence-corrected chi connectivity index (χ4v) is 4.36. The second-order valence-electron chi connectivity index (χ2n) is 6.67. The van der Waals surface area contributed by atoms with Crippen molar-refractivity contribution in [1.29, 1.82) is 0 Å². The van der Waals surface area contributed by atoms with Gasteiger partial charge in [0.2, 0.25) is 0 Å². The predicted molar refractivity (Wildman–Crippen MR) is 119 cm³/mol. The number of halogens is 2. The van der Waals surface area contributed by atoms with Crippen LogP contribution in [0.4, 0.5) is 4.39 Å². The lowest BCUT2D eigenvalue weighted by Gasteiger charge is -2.25. The van der Waals surface area contributed by atoms with Crippen LogP contribution in [0.15, 0.2) is 34.2 Å². The van der Waals surface area contributed by atoms with E-state index in [-0.39, 0.29) is 29.8 Å². The topological polar surface area (TPSA) is 30.9 Å². The molecule has 0 amide bonds. The highest BCUT2D eigenvalue weighted by Crippen LogP contribution is 2.21. The monoisotopic (exact) mass is 492 g/mol. The van der Waals surface area contributed by atoms with Crippen molar-refractivity contribution >= 4 is 41.7 Å². The SMILES string of the molecule is CCNC(=NCCSc1ccc(F)cc1)N1CCC(N2CCCC2)C1.I. The van der Waals surface area contributed by atoms with Gasteiger partial charge in [0.1, 0.15) is 5.82 Å². The maximum absolute atomic E-state index is 12.9. The van der Waals surface area contributed by atoms with Gasteiger partial charge >= 0.3 is 0 Å². The number of guanidine groups is 1. The Morgan fingerprint density at radius 3 is 2.65 bits per heavy atom. The molecule has 2 heterocycles. The normalized spacial score (nSPS) is 21.1. The van der Waals surface area contributed by atoms with Gasteiger partial charge < -0.3 is 10.2 Å². The van der Waals surface area contributed by atoms with E-state index >= 15 is 0 Å². The first-order valence-electron chi connectivity index (χ1n) is 9.42. The van der Waals surface area contributed by atoms with E-state index in [0.717, 1.165) is 42.8 Å². The molecule has 2 saturated heterocycles. The molecule has 26 heavy (non-hydrogen) atoms. The van der Waals surface area contributed by atoms with Crippen molar-refractivity contribution in [1.82, 2.24) is 15.1 Å². The molecule has 146 valence electrons. The average molecular weight is 492 g/mol. The summed E-state index contributed by atoms with van der Waals surface area (Å²) in [5, 5.41) is 3.44. The Kier molecular flexibility index (Phi) is 9.49. The standard InChI is InChI=1S/C19H29FN4S.HI/c1-2-21-19(22-10-14-25-18-7-5-16(20)6-8-18)24-13-9-17(15-24)23-11-3-4-12-23;/h5-8,17H,2-4,9-15H2,1H3,(H,21,22);1H. The zero-order chi connectivity index (χ0) is 17.5. The molecule has 2 aliphatic heterocycles. The summed E-state index contributed by atoms with van der Waals surface area (Å²) < 4.78 is 12.9. The van der Waals surface area contributed by atoms with E-state index in [1.54, 1.807) is 11.8 Å². The molecule has 0 bridgehead atoms. The minimum absolute atomic E-state index is 0. The van der Waals surface area contributed by atoms with E-state index in [1.165, 1.54) is 44.5 Å². The molecule has 2 fully saturated rings. The molecule has 4 nitrogen and oxygen atoms in total. The minimum Gasteiger partial charge on any atom is -0.357 e. The summed E-state index contributed by atoms with van der Waals surface area (Å²) in [5.41, 5.74) is 0. The molecule has 0 aliphatic carbocycles. The van der Waals surface area contributed by atoms with Crippen LogP contribution in [0.2, 0.25) is 0 Å². The van der Waals surface area contributed by atoms with E-state index < -0.39 is 0 Å². The third kappa shape index (κ3) is 6.27. The number of hydrogen-bond acceptors (Lipinski definition) is 3. The highest BCUT2D eigenvalue weighted by atomic mass is 127. The third-order valence-electron chi connectivity index (χ3n) is 4.89. The molecule has 1 aromatic carbocycles. The van der Waals surface area contributed by atoms with Crippen molar-refractivity contribution in [3.05, 3.63) is 30.1 Å². The minimum atomic E-state index is -0.182. The Morgan fingerprint density at radius 1 is 1.23 bits per heavy atom. The molecule has 1 N–H and O–H groups in total. The molecule has 1 unspecified atom stereocenters. The second-order valence-corrected chi connectivity index (χ2v) is 7.84. The molecule has 2 aliphatic rings.